The molecule has 1 aromatic heterocycles. The van der Waals surface area contributed by atoms with E-state index < -0.39 is 0 Å². The summed E-state index contributed by atoms with van der Waals surface area (Å²) in [5.74, 6) is -0.0266. The fourth-order valence-electron chi connectivity index (χ4n) is 0.890. The predicted octanol–water partition coefficient (Wildman–Crippen LogP) is 1.17. The van der Waals surface area contributed by atoms with Gasteiger partial charge in [-0.25, -0.2) is 0 Å². The van der Waals surface area contributed by atoms with Crippen LogP contribution in [0.1, 0.15) is 23.2 Å². The Labute approximate surface area is 64.4 Å². The molecular weight excluding hydrogens is 142 g/mol. The van der Waals surface area contributed by atoms with E-state index in [0.717, 1.165) is 12.8 Å². The molecule has 1 saturated carbocycles. The molecule has 0 spiro atoms. The Kier molecular flexibility index (Phi) is 1.42. The van der Waals surface area contributed by atoms with E-state index in [4.69, 9.17) is 4.42 Å². The van der Waals surface area contributed by atoms with Gasteiger partial charge >= 0.3 is 0 Å². The zero-order valence-corrected chi connectivity index (χ0v) is 6.04. The van der Waals surface area contributed by atoms with E-state index in [2.05, 4.69) is 5.32 Å². The summed E-state index contributed by atoms with van der Waals surface area (Å²) in [4.78, 5) is 11.2. The van der Waals surface area contributed by atoms with Gasteiger partial charge in [0.15, 0.2) is 0 Å². The third-order valence-electron chi connectivity index (χ3n) is 1.70. The highest BCUT2D eigenvalue weighted by Gasteiger charge is 2.23. The van der Waals surface area contributed by atoms with Crippen molar-refractivity contribution in [3.05, 3.63) is 24.2 Å². The molecule has 2 rings (SSSR count). The number of hydrogen-bond acceptors (Lipinski definition) is 2. The highest BCUT2D eigenvalue weighted by molar-refractivity contribution is 5.94. The van der Waals surface area contributed by atoms with E-state index in [1.807, 2.05) is 0 Å². The van der Waals surface area contributed by atoms with Crippen LogP contribution in [0.3, 0.4) is 0 Å². The fourth-order valence-corrected chi connectivity index (χ4v) is 0.890. The van der Waals surface area contributed by atoms with Gasteiger partial charge in [0.2, 0.25) is 0 Å². The second kappa shape index (κ2) is 2.42. The Bertz CT molecular complexity index is 249. The van der Waals surface area contributed by atoms with Crippen molar-refractivity contribution in [1.82, 2.24) is 5.32 Å². The average Bonchev–Trinajstić information content (AvgIpc) is 2.67. The lowest BCUT2D eigenvalue weighted by Crippen LogP contribution is -2.24. The van der Waals surface area contributed by atoms with Gasteiger partial charge in [-0.1, -0.05) is 0 Å². The van der Waals surface area contributed by atoms with Crippen LogP contribution in [0, 0.1) is 0 Å². The molecule has 1 N–H and O–H groups in total. The van der Waals surface area contributed by atoms with E-state index in [1.165, 1.54) is 12.5 Å². The number of hydrogen-bond donors (Lipinski definition) is 1. The maximum atomic E-state index is 11.2. The molecule has 0 bridgehead atoms. The average molecular weight is 151 g/mol. The van der Waals surface area contributed by atoms with Gasteiger partial charge < -0.3 is 9.73 Å². The van der Waals surface area contributed by atoms with Crippen molar-refractivity contribution < 1.29 is 9.21 Å². The first-order chi connectivity index (χ1) is 5.36. The maximum Gasteiger partial charge on any atom is 0.254 e. The molecule has 58 valence electrons. The Morgan fingerprint density at radius 1 is 1.64 bits per heavy atom. The van der Waals surface area contributed by atoms with Crippen molar-refractivity contribution in [2.75, 3.05) is 0 Å². The third-order valence-corrected chi connectivity index (χ3v) is 1.70. The molecule has 1 amide bonds. The van der Waals surface area contributed by atoms with Gasteiger partial charge in [-0.15, -0.1) is 0 Å². The van der Waals surface area contributed by atoms with Crippen molar-refractivity contribution in [1.29, 1.82) is 0 Å². The van der Waals surface area contributed by atoms with Crippen LogP contribution in [-0.4, -0.2) is 11.9 Å². The second-order valence-electron chi connectivity index (χ2n) is 2.76. The normalized spacial score (nSPS) is 16.4. The third kappa shape index (κ3) is 1.42. The van der Waals surface area contributed by atoms with E-state index in [-0.39, 0.29) is 5.91 Å². The van der Waals surface area contributed by atoms with Crippen molar-refractivity contribution in [3.63, 3.8) is 0 Å². The maximum absolute atomic E-state index is 11.2. The van der Waals surface area contributed by atoms with Crippen LogP contribution < -0.4 is 5.32 Å². The highest BCUT2D eigenvalue weighted by atomic mass is 16.3. The molecule has 1 aliphatic carbocycles. The van der Waals surface area contributed by atoms with Gasteiger partial charge in [0, 0.05) is 6.04 Å². The lowest BCUT2D eigenvalue weighted by molar-refractivity contribution is 0.0950. The van der Waals surface area contributed by atoms with E-state index in [9.17, 15) is 4.79 Å². The molecular formula is C8H9NO2. The Morgan fingerprint density at radius 3 is 3.00 bits per heavy atom. The highest BCUT2D eigenvalue weighted by Crippen LogP contribution is 2.19. The van der Waals surface area contributed by atoms with Crippen LogP contribution in [0.5, 0.6) is 0 Å². The molecule has 3 nitrogen and oxygen atoms in total. The van der Waals surface area contributed by atoms with E-state index in [1.54, 1.807) is 6.07 Å². The molecule has 0 unspecified atom stereocenters. The summed E-state index contributed by atoms with van der Waals surface area (Å²) < 4.78 is 4.78. The summed E-state index contributed by atoms with van der Waals surface area (Å²) in [6, 6.07) is 2.08. The SMILES string of the molecule is O=C(NC1CC1)c1ccoc1. The van der Waals surface area contributed by atoms with Crippen LogP contribution in [-0.2, 0) is 0 Å². The minimum absolute atomic E-state index is 0.0266. The Balaban J connectivity index is 1.99. The van der Waals surface area contributed by atoms with Crippen LogP contribution in [0.4, 0.5) is 0 Å². The molecule has 3 heteroatoms. The largest absolute Gasteiger partial charge is 0.472 e. The molecule has 11 heavy (non-hydrogen) atoms. The van der Waals surface area contributed by atoms with Crippen molar-refractivity contribution in [2.24, 2.45) is 0 Å². The van der Waals surface area contributed by atoms with Gasteiger partial charge in [-0.05, 0) is 18.9 Å². The molecule has 1 aromatic rings. The number of furan rings is 1. The zero-order valence-electron chi connectivity index (χ0n) is 6.04. The van der Waals surface area contributed by atoms with Crippen molar-refractivity contribution in [3.8, 4) is 0 Å². The second-order valence-corrected chi connectivity index (χ2v) is 2.76. The number of nitrogens with one attached hydrogen (secondary N) is 1. The molecule has 0 saturated heterocycles. The zero-order chi connectivity index (χ0) is 7.68. The Morgan fingerprint density at radius 2 is 2.45 bits per heavy atom. The lowest BCUT2D eigenvalue weighted by atomic mass is 10.3. The summed E-state index contributed by atoms with van der Waals surface area (Å²) in [5.41, 5.74) is 0.608. The summed E-state index contributed by atoms with van der Waals surface area (Å²) >= 11 is 0. The molecule has 1 fully saturated rings. The first kappa shape index (κ1) is 6.46. The number of carbonyl (C=O) groups is 1. The lowest BCUT2D eigenvalue weighted by Gasteiger charge is -1.97. The summed E-state index contributed by atoms with van der Waals surface area (Å²) in [7, 11) is 0. The number of amides is 1. The minimum atomic E-state index is -0.0266. The minimum Gasteiger partial charge on any atom is -0.472 e. The molecule has 1 aliphatic rings. The topological polar surface area (TPSA) is 42.2 Å². The quantitative estimate of drug-likeness (QED) is 0.689. The van der Waals surface area contributed by atoms with Crippen LogP contribution in [0.2, 0.25) is 0 Å². The first-order valence-electron chi connectivity index (χ1n) is 3.69. The van der Waals surface area contributed by atoms with E-state index >= 15 is 0 Å². The summed E-state index contributed by atoms with van der Waals surface area (Å²) in [5, 5.41) is 2.86. The van der Waals surface area contributed by atoms with Crippen molar-refractivity contribution >= 4 is 5.91 Å². The summed E-state index contributed by atoms with van der Waals surface area (Å²) in [6.45, 7) is 0. The van der Waals surface area contributed by atoms with Gasteiger partial charge in [0.25, 0.3) is 5.91 Å². The smallest absolute Gasteiger partial charge is 0.254 e. The molecule has 0 aliphatic heterocycles. The number of rotatable bonds is 2. The number of carbonyl (C=O) groups excluding carboxylic acids is 1. The predicted molar refractivity (Wildman–Crippen MR) is 39.2 cm³/mol. The van der Waals surface area contributed by atoms with Gasteiger partial charge in [-0.3, -0.25) is 4.79 Å². The first-order valence-corrected chi connectivity index (χ1v) is 3.69. The Hall–Kier alpha value is -1.25. The van der Waals surface area contributed by atoms with Crippen LogP contribution in [0.15, 0.2) is 23.0 Å². The molecule has 0 radical (unpaired) electrons. The standard InChI is InChI=1S/C8H9NO2/c10-8(9-7-1-2-7)6-3-4-11-5-6/h3-5,7H,1-2H2,(H,9,10). The van der Waals surface area contributed by atoms with E-state index in [0.29, 0.717) is 11.6 Å². The van der Waals surface area contributed by atoms with Gasteiger partial charge in [0.1, 0.15) is 6.26 Å². The molecule has 0 aromatic carbocycles. The van der Waals surface area contributed by atoms with Crippen LogP contribution in [0.25, 0.3) is 0 Å². The summed E-state index contributed by atoms with van der Waals surface area (Å²) in [6.07, 6.45) is 5.19. The van der Waals surface area contributed by atoms with Gasteiger partial charge in [-0.2, -0.15) is 0 Å². The molecule has 1 heterocycles. The van der Waals surface area contributed by atoms with Crippen LogP contribution >= 0.6 is 0 Å². The molecule has 0 atom stereocenters. The van der Waals surface area contributed by atoms with Gasteiger partial charge in [0.05, 0.1) is 11.8 Å². The monoisotopic (exact) mass is 151 g/mol. The van der Waals surface area contributed by atoms with Crippen molar-refractivity contribution in [2.45, 2.75) is 18.9 Å². The fraction of sp³-hybridized carbons (Fsp3) is 0.375.